The van der Waals surface area contributed by atoms with E-state index in [1.54, 1.807) is 10.9 Å². The van der Waals surface area contributed by atoms with Gasteiger partial charge in [0.15, 0.2) is 0 Å². The number of nitrogens with one attached hydrogen (secondary N) is 1. The van der Waals surface area contributed by atoms with Crippen molar-refractivity contribution in [3.8, 4) is 5.69 Å². The van der Waals surface area contributed by atoms with Crippen LogP contribution in [0.1, 0.15) is 30.0 Å². The zero-order valence-corrected chi connectivity index (χ0v) is 14.8. The van der Waals surface area contributed by atoms with Gasteiger partial charge in [0.1, 0.15) is 0 Å². The topological polar surface area (TPSA) is 50.2 Å². The summed E-state index contributed by atoms with van der Waals surface area (Å²) < 4.78 is 1.76. The average Bonchev–Trinajstić information content (AvgIpc) is 3.34. The monoisotopic (exact) mass is 346 g/mol. The third-order valence-corrected chi connectivity index (χ3v) is 4.96. The second-order valence-electron chi connectivity index (χ2n) is 6.61. The van der Waals surface area contributed by atoms with Gasteiger partial charge < -0.3 is 10.2 Å². The third-order valence-electron chi connectivity index (χ3n) is 4.96. The van der Waals surface area contributed by atoms with Crippen LogP contribution in [-0.2, 0) is 0 Å². The van der Waals surface area contributed by atoms with Crippen molar-refractivity contribution in [2.75, 3.05) is 11.9 Å². The van der Waals surface area contributed by atoms with E-state index >= 15 is 0 Å². The second kappa shape index (κ2) is 7.04. The number of anilines is 1. The Bertz CT molecular complexity index is 904. The molecule has 1 aliphatic heterocycles. The molecule has 4 rings (SSSR count). The molecule has 26 heavy (non-hydrogen) atoms. The van der Waals surface area contributed by atoms with Crippen molar-refractivity contribution < 1.29 is 4.79 Å². The molecule has 0 radical (unpaired) electrons. The van der Waals surface area contributed by atoms with Crippen LogP contribution in [0.3, 0.4) is 0 Å². The molecule has 1 fully saturated rings. The van der Waals surface area contributed by atoms with Crippen molar-refractivity contribution >= 4 is 11.7 Å². The van der Waals surface area contributed by atoms with Gasteiger partial charge in [-0.25, -0.2) is 9.48 Å². The van der Waals surface area contributed by atoms with Crippen molar-refractivity contribution in [3.05, 3.63) is 78.1 Å². The molecule has 1 aromatic heterocycles. The van der Waals surface area contributed by atoms with Crippen LogP contribution in [0.4, 0.5) is 10.5 Å². The minimum atomic E-state index is -0.0599. The van der Waals surface area contributed by atoms with Gasteiger partial charge in [-0.2, -0.15) is 5.10 Å². The molecule has 2 heterocycles. The number of aromatic nitrogens is 2. The zero-order valence-electron chi connectivity index (χ0n) is 14.8. The first kappa shape index (κ1) is 16.4. The molecule has 3 aromatic rings. The van der Waals surface area contributed by atoms with E-state index in [0.29, 0.717) is 0 Å². The Hall–Kier alpha value is -3.08. The van der Waals surface area contributed by atoms with Gasteiger partial charge in [0.05, 0.1) is 17.4 Å². The highest BCUT2D eigenvalue weighted by Crippen LogP contribution is 2.34. The fourth-order valence-electron chi connectivity index (χ4n) is 3.67. The van der Waals surface area contributed by atoms with Gasteiger partial charge in [-0.15, -0.1) is 0 Å². The van der Waals surface area contributed by atoms with Crippen LogP contribution in [-0.4, -0.2) is 27.3 Å². The fraction of sp³-hybridized carbons (Fsp3) is 0.238. The van der Waals surface area contributed by atoms with Crippen LogP contribution in [0, 0.1) is 6.92 Å². The molecule has 2 amide bonds. The summed E-state index contributed by atoms with van der Waals surface area (Å²) in [5.41, 5.74) is 4.09. The lowest BCUT2D eigenvalue weighted by Gasteiger charge is -2.27. The summed E-state index contributed by atoms with van der Waals surface area (Å²) in [6, 6.07) is 18.0. The lowest BCUT2D eigenvalue weighted by molar-refractivity contribution is 0.207. The highest BCUT2D eigenvalue weighted by molar-refractivity contribution is 5.92. The first-order valence-electron chi connectivity index (χ1n) is 8.96. The van der Waals surface area contributed by atoms with E-state index in [1.807, 2.05) is 53.6 Å². The predicted octanol–water partition coefficient (Wildman–Crippen LogP) is 4.55. The number of amides is 2. The molecule has 1 saturated heterocycles. The molecule has 1 aliphatic rings. The molecule has 132 valence electrons. The largest absolute Gasteiger partial charge is 0.322 e. The van der Waals surface area contributed by atoms with Crippen molar-refractivity contribution in [2.24, 2.45) is 0 Å². The maximum absolute atomic E-state index is 13.0. The van der Waals surface area contributed by atoms with E-state index < -0.39 is 0 Å². The molecule has 1 atom stereocenters. The smallest absolute Gasteiger partial charge is 0.317 e. The van der Waals surface area contributed by atoms with Gasteiger partial charge in [0.25, 0.3) is 0 Å². The molecule has 1 N–H and O–H groups in total. The van der Waals surface area contributed by atoms with E-state index in [2.05, 4.69) is 29.5 Å². The van der Waals surface area contributed by atoms with E-state index in [9.17, 15) is 4.79 Å². The lowest BCUT2D eigenvalue weighted by Crippen LogP contribution is -2.35. The highest BCUT2D eigenvalue weighted by atomic mass is 16.2. The zero-order chi connectivity index (χ0) is 17.9. The summed E-state index contributed by atoms with van der Waals surface area (Å²) in [7, 11) is 0. The Morgan fingerprint density at radius 3 is 2.73 bits per heavy atom. The van der Waals surface area contributed by atoms with Gasteiger partial charge in [-0.05, 0) is 49.1 Å². The maximum Gasteiger partial charge on any atom is 0.322 e. The fourth-order valence-corrected chi connectivity index (χ4v) is 3.67. The number of nitrogens with zero attached hydrogens (tertiary/aromatic N) is 3. The molecule has 0 saturated carbocycles. The molecular formula is C21H22N4O. The maximum atomic E-state index is 13.0. The van der Waals surface area contributed by atoms with Crippen molar-refractivity contribution in [1.29, 1.82) is 0 Å². The van der Waals surface area contributed by atoms with Crippen molar-refractivity contribution in [2.45, 2.75) is 25.8 Å². The number of carbonyl (C=O) groups excluding carboxylic acids is 1. The molecule has 0 bridgehead atoms. The van der Waals surface area contributed by atoms with Crippen LogP contribution >= 0.6 is 0 Å². The first-order valence-corrected chi connectivity index (χ1v) is 8.96. The van der Waals surface area contributed by atoms with Crippen molar-refractivity contribution in [3.63, 3.8) is 0 Å². The minimum absolute atomic E-state index is 0.0599. The number of carbonyl (C=O) groups is 1. The number of hydrogen-bond acceptors (Lipinski definition) is 2. The van der Waals surface area contributed by atoms with Crippen LogP contribution in [0.15, 0.2) is 67.0 Å². The van der Waals surface area contributed by atoms with Crippen LogP contribution in [0.25, 0.3) is 5.69 Å². The Labute approximate surface area is 153 Å². The number of hydrogen-bond donors (Lipinski definition) is 1. The van der Waals surface area contributed by atoms with Gasteiger partial charge in [0.2, 0.25) is 0 Å². The SMILES string of the molecule is Cc1ccccc1[C@@H]1CCCN1C(=O)Nc1ccccc1-n1cccn1. The Kier molecular flexibility index (Phi) is 4.44. The van der Waals surface area contributed by atoms with Crippen LogP contribution in [0.2, 0.25) is 0 Å². The van der Waals surface area contributed by atoms with Gasteiger partial charge in [0, 0.05) is 18.9 Å². The quantitative estimate of drug-likeness (QED) is 0.756. The van der Waals surface area contributed by atoms with E-state index in [4.69, 9.17) is 0 Å². The molecule has 5 heteroatoms. The summed E-state index contributed by atoms with van der Waals surface area (Å²) in [5, 5.41) is 7.36. The third kappa shape index (κ3) is 3.08. The van der Waals surface area contributed by atoms with E-state index in [-0.39, 0.29) is 12.1 Å². The molecule has 0 unspecified atom stereocenters. The van der Waals surface area contributed by atoms with E-state index in [0.717, 1.165) is 30.8 Å². The molecule has 0 spiro atoms. The number of para-hydroxylation sites is 2. The lowest BCUT2D eigenvalue weighted by atomic mass is 9.99. The van der Waals surface area contributed by atoms with Gasteiger partial charge in [-0.1, -0.05) is 36.4 Å². The summed E-state index contributed by atoms with van der Waals surface area (Å²) >= 11 is 0. The van der Waals surface area contributed by atoms with Gasteiger partial charge >= 0.3 is 6.03 Å². The Morgan fingerprint density at radius 1 is 1.12 bits per heavy atom. The molecular weight excluding hydrogens is 324 g/mol. The summed E-state index contributed by atoms with van der Waals surface area (Å²) in [5.74, 6) is 0. The molecule has 2 aromatic carbocycles. The highest BCUT2D eigenvalue weighted by Gasteiger charge is 2.31. The summed E-state index contributed by atoms with van der Waals surface area (Å²) in [6.07, 6.45) is 5.62. The Morgan fingerprint density at radius 2 is 1.92 bits per heavy atom. The van der Waals surface area contributed by atoms with E-state index in [1.165, 1.54) is 11.1 Å². The Balaban J connectivity index is 1.58. The second-order valence-corrected chi connectivity index (χ2v) is 6.61. The number of aryl methyl sites for hydroxylation is 1. The normalized spacial score (nSPS) is 16.7. The van der Waals surface area contributed by atoms with Crippen LogP contribution < -0.4 is 5.32 Å². The summed E-state index contributed by atoms with van der Waals surface area (Å²) in [4.78, 5) is 15.0. The number of rotatable bonds is 3. The minimum Gasteiger partial charge on any atom is -0.317 e. The molecule has 0 aliphatic carbocycles. The predicted molar refractivity (Wildman–Crippen MR) is 102 cm³/mol. The summed E-state index contributed by atoms with van der Waals surface area (Å²) in [6.45, 7) is 2.88. The van der Waals surface area contributed by atoms with Crippen LogP contribution in [0.5, 0.6) is 0 Å². The number of urea groups is 1. The number of likely N-dealkylation sites (tertiary alicyclic amines) is 1. The first-order chi connectivity index (χ1) is 12.7. The number of benzene rings is 2. The van der Waals surface area contributed by atoms with Gasteiger partial charge in [-0.3, -0.25) is 0 Å². The average molecular weight is 346 g/mol. The standard InChI is InChI=1S/C21H22N4O/c1-16-8-2-3-9-17(16)19-12-6-14-24(19)21(26)23-18-10-4-5-11-20(18)25-15-7-13-22-25/h2-5,7-11,13,15,19H,6,12,14H2,1H3,(H,23,26)/t19-/m0/s1. The molecule has 5 nitrogen and oxygen atoms in total. The van der Waals surface area contributed by atoms with Crippen molar-refractivity contribution in [1.82, 2.24) is 14.7 Å².